The summed E-state index contributed by atoms with van der Waals surface area (Å²) in [5.41, 5.74) is 5.22. The molecule has 0 rings (SSSR count). The van der Waals surface area contributed by atoms with Gasteiger partial charge in [-0.25, -0.2) is 0 Å². The molecule has 1 amide bonds. The average molecular weight is 206 g/mol. The summed E-state index contributed by atoms with van der Waals surface area (Å²) < 4.78 is 10.7. The van der Waals surface area contributed by atoms with Gasteiger partial charge in [0.25, 0.3) is 0 Å². The molecule has 0 heterocycles. The molecule has 2 unspecified atom stereocenters. The largest absolute Gasteiger partial charge is 0.354 e. The minimum Gasteiger partial charge on any atom is -0.354 e. The highest BCUT2D eigenvalue weighted by molar-refractivity contribution is 7.84. The Morgan fingerprint density at radius 3 is 2.69 bits per heavy atom. The average Bonchev–Trinajstić information content (AvgIpc) is 2.01. The molecule has 3 N–H and O–H groups in total. The van der Waals surface area contributed by atoms with E-state index in [1.165, 1.54) is 0 Å². The number of nitrogens with two attached hydrogens (primary N) is 1. The van der Waals surface area contributed by atoms with Crippen molar-refractivity contribution in [1.29, 1.82) is 0 Å². The van der Waals surface area contributed by atoms with Crippen LogP contribution in [0.1, 0.15) is 19.8 Å². The van der Waals surface area contributed by atoms with E-state index < -0.39 is 10.8 Å². The summed E-state index contributed by atoms with van der Waals surface area (Å²) in [6.45, 7) is 2.28. The number of nitrogens with one attached hydrogen (secondary N) is 1. The topological polar surface area (TPSA) is 72.2 Å². The van der Waals surface area contributed by atoms with Gasteiger partial charge in [-0.1, -0.05) is 0 Å². The fraction of sp³-hybridized carbons (Fsp3) is 0.875. The van der Waals surface area contributed by atoms with E-state index in [0.717, 1.165) is 6.42 Å². The molecule has 0 aromatic heterocycles. The summed E-state index contributed by atoms with van der Waals surface area (Å²) in [5, 5.41) is 2.78. The lowest BCUT2D eigenvalue weighted by Gasteiger charge is -2.12. The molecule has 0 radical (unpaired) electrons. The van der Waals surface area contributed by atoms with Crippen molar-refractivity contribution in [1.82, 2.24) is 5.32 Å². The van der Waals surface area contributed by atoms with E-state index in [1.54, 1.807) is 6.26 Å². The fourth-order valence-corrected chi connectivity index (χ4v) is 1.58. The normalized spacial score (nSPS) is 15.0. The van der Waals surface area contributed by atoms with E-state index in [9.17, 15) is 9.00 Å². The Hall–Kier alpha value is -0.420. The van der Waals surface area contributed by atoms with E-state index in [1.807, 2.05) is 6.92 Å². The molecular formula is C8H18N2O2S. The van der Waals surface area contributed by atoms with Crippen molar-refractivity contribution in [3.63, 3.8) is 0 Å². The molecule has 0 aliphatic carbocycles. The molecule has 2 atom stereocenters. The van der Waals surface area contributed by atoms with Gasteiger partial charge in [0.2, 0.25) is 5.91 Å². The number of hydrogen-bond acceptors (Lipinski definition) is 3. The quantitative estimate of drug-likeness (QED) is 0.621. The highest BCUT2D eigenvalue weighted by Crippen LogP contribution is 1.93. The third-order valence-electron chi connectivity index (χ3n) is 1.62. The Kier molecular flexibility index (Phi) is 6.80. The standard InChI is InChI=1S/C8H18N2O2S/c1-7(4-6-13(2)12)10-8(11)3-5-9/h7H,3-6,9H2,1-2H3,(H,10,11). The van der Waals surface area contributed by atoms with E-state index in [-0.39, 0.29) is 11.9 Å². The molecule has 0 aliphatic rings. The van der Waals surface area contributed by atoms with Crippen LogP contribution in [0.25, 0.3) is 0 Å². The Morgan fingerprint density at radius 1 is 1.62 bits per heavy atom. The lowest BCUT2D eigenvalue weighted by molar-refractivity contribution is -0.121. The van der Waals surface area contributed by atoms with Crippen LogP contribution >= 0.6 is 0 Å². The predicted molar refractivity (Wildman–Crippen MR) is 54.8 cm³/mol. The molecule has 13 heavy (non-hydrogen) atoms. The highest BCUT2D eigenvalue weighted by atomic mass is 32.2. The molecule has 0 aliphatic heterocycles. The fourth-order valence-electron chi connectivity index (χ4n) is 0.893. The van der Waals surface area contributed by atoms with Crippen LogP contribution in [0.5, 0.6) is 0 Å². The molecule has 4 nitrogen and oxygen atoms in total. The molecule has 78 valence electrons. The smallest absolute Gasteiger partial charge is 0.221 e. The Balaban J connectivity index is 3.55. The van der Waals surface area contributed by atoms with Crippen LogP contribution in [0.4, 0.5) is 0 Å². The van der Waals surface area contributed by atoms with Gasteiger partial charge in [-0.3, -0.25) is 9.00 Å². The maximum absolute atomic E-state index is 11.0. The number of hydrogen-bond donors (Lipinski definition) is 2. The van der Waals surface area contributed by atoms with Crippen LogP contribution in [0.15, 0.2) is 0 Å². The van der Waals surface area contributed by atoms with Gasteiger partial charge < -0.3 is 11.1 Å². The Labute approximate surface area is 81.7 Å². The van der Waals surface area contributed by atoms with Crippen molar-refractivity contribution in [2.75, 3.05) is 18.6 Å². The number of carbonyl (C=O) groups excluding carboxylic acids is 1. The van der Waals surface area contributed by atoms with E-state index in [2.05, 4.69) is 5.32 Å². The molecule has 0 bridgehead atoms. The first-order valence-electron chi connectivity index (χ1n) is 4.35. The molecule has 0 saturated heterocycles. The second-order valence-electron chi connectivity index (χ2n) is 3.07. The van der Waals surface area contributed by atoms with Gasteiger partial charge in [-0.2, -0.15) is 0 Å². The highest BCUT2D eigenvalue weighted by Gasteiger charge is 2.06. The third kappa shape index (κ3) is 7.93. The van der Waals surface area contributed by atoms with Crippen LogP contribution in [-0.4, -0.2) is 34.7 Å². The van der Waals surface area contributed by atoms with Crippen molar-refractivity contribution in [2.45, 2.75) is 25.8 Å². The van der Waals surface area contributed by atoms with Gasteiger partial charge in [0.05, 0.1) is 0 Å². The number of carbonyl (C=O) groups is 1. The van der Waals surface area contributed by atoms with Crippen LogP contribution < -0.4 is 11.1 Å². The zero-order chi connectivity index (χ0) is 10.3. The van der Waals surface area contributed by atoms with Crippen molar-refractivity contribution >= 4 is 16.7 Å². The Morgan fingerprint density at radius 2 is 2.23 bits per heavy atom. The molecule has 5 heteroatoms. The SMILES string of the molecule is CC(CCS(C)=O)NC(=O)CCN. The minimum atomic E-state index is -0.781. The van der Waals surface area contributed by atoms with Gasteiger partial charge in [-0.15, -0.1) is 0 Å². The number of amides is 1. The van der Waals surface area contributed by atoms with Gasteiger partial charge in [0.15, 0.2) is 0 Å². The van der Waals surface area contributed by atoms with Crippen LogP contribution in [0.3, 0.4) is 0 Å². The molecule has 0 saturated carbocycles. The monoisotopic (exact) mass is 206 g/mol. The first-order valence-corrected chi connectivity index (χ1v) is 6.08. The second-order valence-corrected chi connectivity index (χ2v) is 4.63. The van der Waals surface area contributed by atoms with Gasteiger partial charge >= 0.3 is 0 Å². The van der Waals surface area contributed by atoms with Crippen LogP contribution in [0.2, 0.25) is 0 Å². The van der Waals surface area contributed by atoms with Crippen molar-refractivity contribution in [3.8, 4) is 0 Å². The molecule has 0 spiro atoms. The lowest BCUT2D eigenvalue weighted by Crippen LogP contribution is -2.34. The molecule has 0 aromatic carbocycles. The van der Waals surface area contributed by atoms with E-state index in [0.29, 0.717) is 18.7 Å². The van der Waals surface area contributed by atoms with E-state index in [4.69, 9.17) is 5.73 Å². The summed E-state index contributed by atoms with van der Waals surface area (Å²) in [6, 6.07) is 0.0861. The van der Waals surface area contributed by atoms with Gasteiger partial charge in [0.1, 0.15) is 0 Å². The second kappa shape index (κ2) is 7.03. The molecular weight excluding hydrogens is 188 g/mol. The van der Waals surface area contributed by atoms with Crippen molar-refractivity contribution < 1.29 is 9.00 Å². The van der Waals surface area contributed by atoms with Crippen molar-refractivity contribution in [2.24, 2.45) is 5.73 Å². The lowest BCUT2D eigenvalue weighted by atomic mass is 10.2. The summed E-state index contributed by atoms with van der Waals surface area (Å²) in [5.74, 6) is 0.598. The third-order valence-corrected chi connectivity index (χ3v) is 2.43. The predicted octanol–water partition coefficient (Wildman–Crippen LogP) is -0.391. The molecule has 0 fully saturated rings. The Bertz CT molecular complexity index is 185. The van der Waals surface area contributed by atoms with Crippen LogP contribution in [-0.2, 0) is 15.6 Å². The number of rotatable bonds is 6. The zero-order valence-corrected chi connectivity index (χ0v) is 9.02. The maximum Gasteiger partial charge on any atom is 0.221 e. The van der Waals surface area contributed by atoms with Crippen LogP contribution in [0, 0.1) is 0 Å². The van der Waals surface area contributed by atoms with Gasteiger partial charge in [-0.05, 0) is 13.3 Å². The molecule has 0 aromatic rings. The zero-order valence-electron chi connectivity index (χ0n) is 8.21. The summed E-state index contributed by atoms with van der Waals surface area (Å²) >= 11 is 0. The van der Waals surface area contributed by atoms with Crippen molar-refractivity contribution in [3.05, 3.63) is 0 Å². The maximum atomic E-state index is 11.0. The van der Waals surface area contributed by atoms with E-state index >= 15 is 0 Å². The summed E-state index contributed by atoms with van der Waals surface area (Å²) in [7, 11) is -0.781. The first-order chi connectivity index (χ1) is 6.06. The summed E-state index contributed by atoms with van der Waals surface area (Å²) in [4.78, 5) is 11.0. The minimum absolute atomic E-state index is 0.0307. The summed E-state index contributed by atoms with van der Waals surface area (Å²) in [6.07, 6.45) is 2.77. The first kappa shape index (κ1) is 12.6. The van der Waals surface area contributed by atoms with Gasteiger partial charge in [0, 0.05) is 41.8 Å².